The van der Waals surface area contributed by atoms with Gasteiger partial charge in [-0.1, -0.05) is 37.0 Å². The SMILES string of the molecule is CCOC(=O)CC(C)(C)C(Cl)CC(Cl)(Cl)C(F)(F)Cl. The van der Waals surface area contributed by atoms with Gasteiger partial charge in [-0.3, -0.25) is 4.79 Å². The van der Waals surface area contributed by atoms with Crippen molar-refractivity contribution < 1.29 is 18.3 Å². The molecule has 1 atom stereocenters. The van der Waals surface area contributed by atoms with Gasteiger partial charge in [0.25, 0.3) is 0 Å². The lowest BCUT2D eigenvalue weighted by Crippen LogP contribution is -2.40. The van der Waals surface area contributed by atoms with Crippen molar-refractivity contribution in [3.8, 4) is 0 Å². The zero-order valence-corrected chi connectivity index (χ0v) is 13.8. The molecule has 1 unspecified atom stereocenters. The first kappa shape index (κ1) is 19.5. The molecule has 0 saturated heterocycles. The third kappa shape index (κ3) is 6.19. The number of esters is 1. The van der Waals surface area contributed by atoms with Gasteiger partial charge in [0.1, 0.15) is 0 Å². The van der Waals surface area contributed by atoms with Crippen LogP contribution in [0.5, 0.6) is 0 Å². The summed E-state index contributed by atoms with van der Waals surface area (Å²) in [6.07, 6.45) is -0.507. The molecule has 0 aliphatic heterocycles. The van der Waals surface area contributed by atoms with Crippen molar-refractivity contribution in [2.45, 2.75) is 48.7 Å². The molecule has 2 nitrogen and oxygen atoms in total. The van der Waals surface area contributed by atoms with Crippen LogP contribution in [0, 0.1) is 5.41 Å². The predicted molar refractivity (Wildman–Crippen MR) is 74.5 cm³/mol. The molecule has 0 saturated carbocycles. The quantitative estimate of drug-likeness (QED) is 0.474. The Morgan fingerprint density at radius 1 is 1.26 bits per heavy atom. The molecule has 0 aromatic rings. The molecule has 8 heteroatoms. The highest BCUT2D eigenvalue weighted by Crippen LogP contribution is 2.48. The van der Waals surface area contributed by atoms with E-state index in [1.807, 2.05) is 0 Å². The van der Waals surface area contributed by atoms with Gasteiger partial charge in [0.05, 0.1) is 13.0 Å². The van der Waals surface area contributed by atoms with E-state index in [1.165, 1.54) is 0 Å². The van der Waals surface area contributed by atoms with Gasteiger partial charge in [-0.15, -0.1) is 11.6 Å². The molecule has 0 spiro atoms. The minimum absolute atomic E-state index is 0.0350. The monoisotopic (exact) mass is 358 g/mol. The Hall–Kier alpha value is 0.490. The van der Waals surface area contributed by atoms with Crippen molar-refractivity contribution in [1.29, 1.82) is 0 Å². The van der Waals surface area contributed by atoms with E-state index in [-0.39, 0.29) is 13.0 Å². The average Bonchev–Trinajstić information content (AvgIpc) is 2.14. The first-order valence-corrected chi connectivity index (χ1v) is 7.15. The first-order valence-electron chi connectivity index (χ1n) is 5.57. The number of ether oxygens (including phenoxy) is 1. The lowest BCUT2D eigenvalue weighted by molar-refractivity contribution is -0.145. The molecule has 0 radical (unpaired) electrons. The maximum Gasteiger partial charge on any atom is 0.354 e. The smallest absolute Gasteiger partial charge is 0.354 e. The molecule has 0 rings (SSSR count). The van der Waals surface area contributed by atoms with Crippen molar-refractivity contribution in [2.24, 2.45) is 5.41 Å². The summed E-state index contributed by atoms with van der Waals surface area (Å²) >= 11 is 21.9. The van der Waals surface area contributed by atoms with Crippen LogP contribution in [0.25, 0.3) is 0 Å². The molecule has 0 bridgehead atoms. The van der Waals surface area contributed by atoms with E-state index >= 15 is 0 Å². The van der Waals surface area contributed by atoms with Crippen molar-refractivity contribution >= 4 is 52.4 Å². The number of alkyl halides is 6. The second-order valence-electron chi connectivity index (χ2n) is 4.84. The summed E-state index contributed by atoms with van der Waals surface area (Å²) in [6.45, 7) is 5.17. The number of halogens is 6. The Morgan fingerprint density at radius 2 is 1.74 bits per heavy atom. The number of carbonyl (C=O) groups excluding carboxylic acids is 1. The number of rotatable bonds is 7. The van der Waals surface area contributed by atoms with Crippen molar-refractivity contribution in [3.05, 3.63) is 0 Å². The van der Waals surface area contributed by atoms with Crippen LogP contribution in [0.15, 0.2) is 0 Å². The lowest BCUT2D eigenvalue weighted by atomic mass is 9.83. The summed E-state index contributed by atoms with van der Waals surface area (Å²) in [5.41, 5.74) is -0.815. The summed E-state index contributed by atoms with van der Waals surface area (Å²) in [4.78, 5) is 11.4. The molecule has 114 valence electrons. The maximum absolute atomic E-state index is 13.0. The Kier molecular flexibility index (Phi) is 7.15. The highest BCUT2D eigenvalue weighted by atomic mass is 35.5. The Morgan fingerprint density at radius 3 is 2.11 bits per heavy atom. The van der Waals surface area contributed by atoms with Crippen LogP contribution in [0.1, 0.15) is 33.6 Å². The van der Waals surface area contributed by atoms with Crippen molar-refractivity contribution in [2.75, 3.05) is 6.61 Å². The minimum atomic E-state index is -3.82. The van der Waals surface area contributed by atoms with Gasteiger partial charge in [0.15, 0.2) is 4.33 Å². The summed E-state index contributed by atoms with van der Waals surface area (Å²) in [6, 6.07) is 0. The zero-order chi connectivity index (χ0) is 15.5. The first-order chi connectivity index (χ1) is 8.33. The normalized spacial score (nSPS) is 15.2. The van der Waals surface area contributed by atoms with Gasteiger partial charge in [-0.05, 0) is 23.9 Å². The van der Waals surface area contributed by atoms with E-state index in [4.69, 9.17) is 51.1 Å². The van der Waals surface area contributed by atoms with E-state index in [0.29, 0.717) is 0 Å². The van der Waals surface area contributed by atoms with Crippen LogP contribution in [0.4, 0.5) is 8.78 Å². The molecular formula is C11H16Cl4F2O2. The average molecular weight is 360 g/mol. The summed E-state index contributed by atoms with van der Waals surface area (Å²) in [5.74, 6) is -0.467. The predicted octanol–water partition coefficient (Wildman–Crippen LogP) is 4.97. The van der Waals surface area contributed by atoms with E-state index in [2.05, 4.69) is 0 Å². The van der Waals surface area contributed by atoms with Gasteiger partial charge in [0, 0.05) is 11.8 Å². The molecule has 0 fully saturated rings. The van der Waals surface area contributed by atoms with Gasteiger partial charge >= 0.3 is 11.4 Å². The Balaban J connectivity index is 4.72. The van der Waals surface area contributed by atoms with Crippen LogP contribution in [-0.2, 0) is 9.53 Å². The van der Waals surface area contributed by atoms with Gasteiger partial charge in [-0.2, -0.15) is 8.78 Å². The topological polar surface area (TPSA) is 26.3 Å². The van der Waals surface area contributed by atoms with Crippen molar-refractivity contribution in [3.63, 3.8) is 0 Å². The molecule has 0 aliphatic rings. The third-order valence-electron chi connectivity index (χ3n) is 2.60. The highest BCUT2D eigenvalue weighted by Gasteiger charge is 2.52. The Labute approximate surface area is 131 Å². The standard InChI is InChI=1S/C11H16Cl4F2O2/c1-4-19-8(18)6-9(2,3)7(12)5-10(13,14)11(15,16)17/h7H,4-6H2,1-3H3. The molecule has 0 aliphatic carbocycles. The minimum Gasteiger partial charge on any atom is -0.466 e. The second-order valence-corrected chi connectivity index (χ2v) is 7.33. The number of hydrogen-bond acceptors (Lipinski definition) is 2. The molecule has 0 aromatic carbocycles. The molecule has 0 amide bonds. The molecule has 0 aromatic heterocycles. The fourth-order valence-corrected chi connectivity index (χ4v) is 2.16. The summed E-state index contributed by atoms with van der Waals surface area (Å²) in [5, 5.41) is -4.69. The second kappa shape index (κ2) is 6.97. The lowest BCUT2D eigenvalue weighted by Gasteiger charge is -2.34. The maximum atomic E-state index is 13.0. The molecular weight excluding hydrogens is 344 g/mol. The number of carbonyl (C=O) groups is 1. The fraction of sp³-hybridized carbons (Fsp3) is 0.909. The summed E-state index contributed by atoms with van der Waals surface area (Å²) < 4.78 is 28.2. The van der Waals surface area contributed by atoms with Crippen LogP contribution < -0.4 is 0 Å². The number of hydrogen-bond donors (Lipinski definition) is 0. The van der Waals surface area contributed by atoms with Crippen molar-refractivity contribution in [1.82, 2.24) is 0 Å². The van der Waals surface area contributed by atoms with Gasteiger partial charge in [-0.25, -0.2) is 0 Å². The zero-order valence-electron chi connectivity index (χ0n) is 10.8. The fourth-order valence-electron chi connectivity index (χ4n) is 1.31. The molecule has 0 N–H and O–H groups in total. The highest BCUT2D eigenvalue weighted by molar-refractivity contribution is 6.53. The molecule has 19 heavy (non-hydrogen) atoms. The van der Waals surface area contributed by atoms with E-state index in [1.54, 1.807) is 20.8 Å². The van der Waals surface area contributed by atoms with Gasteiger partial charge < -0.3 is 4.74 Å². The van der Waals surface area contributed by atoms with E-state index in [0.717, 1.165) is 0 Å². The van der Waals surface area contributed by atoms with Gasteiger partial charge in [0.2, 0.25) is 0 Å². The largest absolute Gasteiger partial charge is 0.466 e. The third-order valence-corrected chi connectivity index (χ3v) is 4.65. The van der Waals surface area contributed by atoms with Crippen LogP contribution in [-0.4, -0.2) is 27.7 Å². The molecule has 0 heterocycles. The summed E-state index contributed by atoms with van der Waals surface area (Å²) in [7, 11) is 0. The van der Waals surface area contributed by atoms with E-state index in [9.17, 15) is 13.6 Å². The van der Waals surface area contributed by atoms with Crippen LogP contribution in [0.3, 0.4) is 0 Å². The van der Waals surface area contributed by atoms with Crippen LogP contribution >= 0.6 is 46.4 Å². The van der Waals surface area contributed by atoms with Crippen LogP contribution in [0.2, 0.25) is 0 Å². The Bertz CT molecular complexity index is 316. The van der Waals surface area contributed by atoms with E-state index < -0.39 is 32.9 Å².